The lowest BCUT2D eigenvalue weighted by atomic mass is 10.1. The summed E-state index contributed by atoms with van der Waals surface area (Å²) >= 11 is 0. The van der Waals surface area contributed by atoms with E-state index in [1.807, 2.05) is 0 Å². The summed E-state index contributed by atoms with van der Waals surface area (Å²) in [6, 6.07) is 3.78. The average molecular weight is 289 g/mol. The summed E-state index contributed by atoms with van der Waals surface area (Å²) in [5, 5.41) is 20.1. The number of nitrogens with zero attached hydrogens (tertiary/aromatic N) is 3. The van der Waals surface area contributed by atoms with Gasteiger partial charge in [-0.25, -0.2) is 9.78 Å². The Kier molecular flexibility index (Phi) is 3.79. The molecule has 21 heavy (non-hydrogen) atoms. The summed E-state index contributed by atoms with van der Waals surface area (Å²) in [6.45, 7) is 3.34. The molecule has 108 valence electrons. The molecule has 0 amide bonds. The molecule has 1 aromatic heterocycles. The van der Waals surface area contributed by atoms with Crippen LogP contribution in [0.5, 0.6) is 11.6 Å². The summed E-state index contributed by atoms with van der Waals surface area (Å²) in [7, 11) is 0. The van der Waals surface area contributed by atoms with Crippen molar-refractivity contribution < 1.29 is 19.6 Å². The number of hydrogen-bond donors (Lipinski definition) is 1. The standard InChI is InChI=1S/C13H11N3O5/c1-7-6-14-8(2)12(15-7)21-10-5-3-4-9(16(19)20)11(10)13(17)18/h3-6H,1-2H3,(H,17,18). The fourth-order valence-corrected chi connectivity index (χ4v) is 1.69. The second-order valence-electron chi connectivity index (χ2n) is 4.22. The third-order valence-corrected chi connectivity index (χ3v) is 2.65. The van der Waals surface area contributed by atoms with Crippen molar-refractivity contribution in [1.82, 2.24) is 9.97 Å². The zero-order valence-corrected chi connectivity index (χ0v) is 11.2. The van der Waals surface area contributed by atoms with E-state index in [-0.39, 0.29) is 11.6 Å². The summed E-state index contributed by atoms with van der Waals surface area (Å²) in [5.74, 6) is -1.49. The van der Waals surface area contributed by atoms with Gasteiger partial charge in [-0.3, -0.25) is 15.1 Å². The molecule has 0 saturated heterocycles. The summed E-state index contributed by atoms with van der Waals surface area (Å²) in [5.41, 5.74) is -0.0372. The zero-order valence-electron chi connectivity index (χ0n) is 11.2. The Morgan fingerprint density at radius 1 is 1.38 bits per heavy atom. The van der Waals surface area contributed by atoms with Gasteiger partial charge in [-0.05, 0) is 19.9 Å². The van der Waals surface area contributed by atoms with E-state index in [0.717, 1.165) is 6.07 Å². The molecule has 0 spiro atoms. The number of aryl methyl sites for hydroxylation is 2. The second-order valence-corrected chi connectivity index (χ2v) is 4.22. The highest BCUT2D eigenvalue weighted by Crippen LogP contribution is 2.31. The molecule has 0 radical (unpaired) electrons. The number of carbonyl (C=O) groups is 1. The van der Waals surface area contributed by atoms with Gasteiger partial charge in [-0.2, -0.15) is 0 Å². The number of nitro groups is 1. The first-order valence-corrected chi connectivity index (χ1v) is 5.89. The third-order valence-electron chi connectivity index (χ3n) is 2.65. The second kappa shape index (κ2) is 5.53. The van der Waals surface area contributed by atoms with Crippen LogP contribution in [0, 0.1) is 24.0 Å². The molecule has 0 atom stereocenters. The molecule has 0 fully saturated rings. The summed E-state index contributed by atoms with van der Waals surface area (Å²) in [4.78, 5) is 29.5. The van der Waals surface area contributed by atoms with E-state index in [1.165, 1.54) is 18.3 Å². The van der Waals surface area contributed by atoms with Gasteiger partial charge in [0.25, 0.3) is 5.69 Å². The molecule has 1 heterocycles. The maximum absolute atomic E-state index is 11.3. The van der Waals surface area contributed by atoms with Gasteiger partial charge < -0.3 is 9.84 Å². The van der Waals surface area contributed by atoms with Crippen LogP contribution in [0.2, 0.25) is 0 Å². The molecule has 0 unspecified atom stereocenters. The van der Waals surface area contributed by atoms with Crippen LogP contribution in [0.3, 0.4) is 0 Å². The van der Waals surface area contributed by atoms with E-state index in [4.69, 9.17) is 4.74 Å². The smallest absolute Gasteiger partial charge is 0.346 e. The number of benzene rings is 1. The number of aromatic nitrogens is 2. The fraction of sp³-hybridized carbons (Fsp3) is 0.154. The van der Waals surface area contributed by atoms with E-state index < -0.39 is 22.1 Å². The molecule has 0 saturated carbocycles. The van der Waals surface area contributed by atoms with Gasteiger partial charge in [-0.15, -0.1) is 0 Å². The van der Waals surface area contributed by atoms with Gasteiger partial charge >= 0.3 is 5.97 Å². The third kappa shape index (κ3) is 2.94. The van der Waals surface area contributed by atoms with Gasteiger partial charge in [0.2, 0.25) is 5.88 Å². The molecule has 8 heteroatoms. The molecule has 2 aromatic rings. The van der Waals surface area contributed by atoms with Crippen molar-refractivity contribution in [2.75, 3.05) is 0 Å². The highest BCUT2D eigenvalue weighted by molar-refractivity contribution is 5.95. The number of ether oxygens (including phenoxy) is 1. The van der Waals surface area contributed by atoms with Crippen molar-refractivity contribution in [3.63, 3.8) is 0 Å². The number of carboxylic acids is 1. The number of aromatic carboxylic acids is 1. The lowest BCUT2D eigenvalue weighted by Crippen LogP contribution is -2.06. The molecule has 2 rings (SSSR count). The van der Waals surface area contributed by atoms with E-state index in [0.29, 0.717) is 11.4 Å². The molecule has 1 N–H and O–H groups in total. The van der Waals surface area contributed by atoms with Gasteiger partial charge in [0.05, 0.1) is 16.3 Å². The average Bonchev–Trinajstić information content (AvgIpc) is 2.42. The minimum absolute atomic E-state index is 0.109. The normalized spacial score (nSPS) is 10.2. The highest BCUT2D eigenvalue weighted by Gasteiger charge is 2.25. The molecular formula is C13H11N3O5. The minimum atomic E-state index is -1.45. The van der Waals surface area contributed by atoms with E-state index >= 15 is 0 Å². The monoisotopic (exact) mass is 289 g/mol. The molecule has 0 aliphatic carbocycles. The van der Waals surface area contributed by atoms with Crippen LogP contribution in [0.15, 0.2) is 24.4 Å². The van der Waals surface area contributed by atoms with E-state index in [1.54, 1.807) is 13.8 Å². The maximum atomic E-state index is 11.3. The van der Waals surface area contributed by atoms with E-state index in [2.05, 4.69) is 9.97 Å². The zero-order chi connectivity index (χ0) is 15.6. The van der Waals surface area contributed by atoms with Crippen LogP contribution < -0.4 is 4.74 Å². The van der Waals surface area contributed by atoms with Gasteiger partial charge in [-0.1, -0.05) is 6.07 Å². The Morgan fingerprint density at radius 2 is 2.10 bits per heavy atom. The fourth-order valence-electron chi connectivity index (χ4n) is 1.69. The topological polar surface area (TPSA) is 115 Å². The molecule has 0 aliphatic heterocycles. The van der Waals surface area contributed by atoms with Crippen LogP contribution >= 0.6 is 0 Å². The quantitative estimate of drug-likeness (QED) is 0.678. The predicted molar refractivity (Wildman–Crippen MR) is 71.6 cm³/mol. The Bertz CT molecular complexity index is 730. The van der Waals surface area contributed by atoms with Gasteiger partial charge in [0.15, 0.2) is 11.3 Å². The van der Waals surface area contributed by atoms with E-state index in [9.17, 15) is 20.0 Å². The molecule has 8 nitrogen and oxygen atoms in total. The predicted octanol–water partition coefficient (Wildman–Crippen LogP) is 2.49. The first-order chi connectivity index (χ1) is 9.90. The van der Waals surface area contributed by atoms with Crippen molar-refractivity contribution in [2.24, 2.45) is 0 Å². The Morgan fingerprint density at radius 3 is 2.71 bits per heavy atom. The summed E-state index contributed by atoms with van der Waals surface area (Å²) < 4.78 is 5.41. The highest BCUT2D eigenvalue weighted by atomic mass is 16.6. The van der Waals surface area contributed by atoms with Crippen molar-refractivity contribution in [2.45, 2.75) is 13.8 Å². The number of rotatable bonds is 4. The van der Waals surface area contributed by atoms with Crippen molar-refractivity contribution in [3.8, 4) is 11.6 Å². The van der Waals surface area contributed by atoms with Crippen molar-refractivity contribution in [3.05, 3.63) is 51.5 Å². The largest absolute Gasteiger partial charge is 0.477 e. The lowest BCUT2D eigenvalue weighted by molar-refractivity contribution is -0.385. The molecular weight excluding hydrogens is 278 g/mol. The van der Waals surface area contributed by atoms with Crippen LogP contribution in [0.1, 0.15) is 21.7 Å². The Labute approximate surface area is 119 Å². The maximum Gasteiger partial charge on any atom is 0.346 e. The SMILES string of the molecule is Cc1cnc(C)c(Oc2cccc([N+](=O)[O-])c2C(=O)O)n1. The van der Waals surface area contributed by atoms with Gasteiger partial charge in [0.1, 0.15) is 0 Å². The Hall–Kier alpha value is -3.03. The number of carboxylic acid groups (broad SMARTS) is 1. The number of hydrogen-bond acceptors (Lipinski definition) is 6. The lowest BCUT2D eigenvalue weighted by Gasteiger charge is -2.10. The number of nitro benzene ring substituents is 1. The van der Waals surface area contributed by atoms with Crippen molar-refractivity contribution >= 4 is 11.7 Å². The first kappa shape index (κ1) is 14.4. The molecule has 0 aliphatic rings. The molecule has 1 aromatic carbocycles. The molecule has 0 bridgehead atoms. The summed E-state index contributed by atoms with van der Waals surface area (Å²) in [6.07, 6.45) is 1.54. The van der Waals surface area contributed by atoms with Crippen LogP contribution in [-0.2, 0) is 0 Å². The first-order valence-electron chi connectivity index (χ1n) is 5.89. The van der Waals surface area contributed by atoms with Crippen molar-refractivity contribution in [1.29, 1.82) is 0 Å². The van der Waals surface area contributed by atoms with Gasteiger partial charge in [0, 0.05) is 12.3 Å². The van der Waals surface area contributed by atoms with Crippen LogP contribution in [0.25, 0.3) is 0 Å². The minimum Gasteiger partial charge on any atom is -0.477 e. The van der Waals surface area contributed by atoms with Crippen LogP contribution in [-0.4, -0.2) is 26.0 Å². The van der Waals surface area contributed by atoms with Crippen LogP contribution in [0.4, 0.5) is 5.69 Å². The Balaban J connectivity index is 2.54.